The van der Waals surface area contributed by atoms with Crippen molar-refractivity contribution in [2.24, 2.45) is 5.92 Å². The molecule has 25 heavy (non-hydrogen) atoms. The van der Waals surface area contributed by atoms with Crippen molar-refractivity contribution in [2.75, 3.05) is 39.9 Å². The van der Waals surface area contributed by atoms with Crippen LogP contribution < -0.4 is 0 Å². The van der Waals surface area contributed by atoms with Crippen molar-refractivity contribution in [1.82, 2.24) is 9.80 Å². The van der Waals surface area contributed by atoms with Crippen molar-refractivity contribution in [3.63, 3.8) is 0 Å². The summed E-state index contributed by atoms with van der Waals surface area (Å²) in [4.78, 5) is 18.2. The SMILES string of the molecule is COCCN1C[C@H]2CC[C@@H]1CN(C(=O)C1(c3ccc(C)cc3)CC1)C2. The summed E-state index contributed by atoms with van der Waals surface area (Å²) in [5.41, 5.74) is 2.25. The van der Waals surface area contributed by atoms with Crippen LogP contribution in [0.3, 0.4) is 0 Å². The summed E-state index contributed by atoms with van der Waals surface area (Å²) >= 11 is 0. The summed E-state index contributed by atoms with van der Waals surface area (Å²) in [7, 11) is 1.77. The molecule has 1 amide bonds. The Balaban J connectivity index is 1.50. The van der Waals surface area contributed by atoms with Gasteiger partial charge in [0.25, 0.3) is 0 Å². The second-order valence-corrected chi connectivity index (χ2v) is 8.24. The minimum absolute atomic E-state index is 0.227. The molecule has 0 aromatic heterocycles. The normalized spacial score (nSPS) is 28.0. The van der Waals surface area contributed by atoms with E-state index in [4.69, 9.17) is 4.74 Å². The van der Waals surface area contributed by atoms with Crippen molar-refractivity contribution in [3.8, 4) is 0 Å². The Bertz CT molecular complexity index is 623. The molecule has 0 N–H and O–H groups in total. The highest BCUT2D eigenvalue weighted by molar-refractivity contribution is 5.91. The summed E-state index contributed by atoms with van der Waals surface area (Å²) in [6.45, 7) is 6.83. The van der Waals surface area contributed by atoms with Gasteiger partial charge in [0.05, 0.1) is 12.0 Å². The van der Waals surface area contributed by atoms with Crippen LogP contribution >= 0.6 is 0 Å². The van der Waals surface area contributed by atoms with Gasteiger partial charge in [-0.15, -0.1) is 0 Å². The van der Waals surface area contributed by atoms with Crippen molar-refractivity contribution in [3.05, 3.63) is 35.4 Å². The van der Waals surface area contributed by atoms with Crippen molar-refractivity contribution >= 4 is 5.91 Å². The number of hydrogen-bond acceptors (Lipinski definition) is 3. The molecule has 0 unspecified atom stereocenters. The molecular weight excluding hydrogens is 312 g/mol. The van der Waals surface area contributed by atoms with Gasteiger partial charge in [0.1, 0.15) is 0 Å². The number of carbonyl (C=O) groups excluding carboxylic acids is 1. The summed E-state index contributed by atoms with van der Waals surface area (Å²) in [5.74, 6) is 0.996. The number of fused-ring (bicyclic) bond motifs is 4. The third kappa shape index (κ3) is 3.22. The quantitative estimate of drug-likeness (QED) is 0.825. The smallest absolute Gasteiger partial charge is 0.233 e. The molecule has 3 saturated heterocycles. The number of amides is 1. The fourth-order valence-electron chi connectivity index (χ4n) is 4.75. The van der Waals surface area contributed by atoms with E-state index >= 15 is 0 Å². The van der Waals surface area contributed by atoms with Crippen LogP contribution in [-0.4, -0.2) is 61.6 Å². The van der Waals surface area contributed by atoms with E-state index < -0.39 is 0 Å². The predicted molar refractivity (Wildman–Crippen MR) is 98.6 cm³/mol. The summed E-state index contributed by atoms with van der Waals surface area (Å²) in [6.07, 6.45) is 4.49. The first-order valence-corrected chi connectivity index (χ1v) is 9.72. The zero-order valence-corrected chi connectivity index (χ0v) is 15.5. The van der Waals surface area contributed by atoms with Crippen molar-refractivity contribution < 1.29 is 9.53 Å². The maximum absolute atomic E-state index is 13.4. The molecule has 0 radical (unpaired) electrons. The molecule has 3 heterocycles. The highest BCUT2D eigenvalue weighted by Gasteiger charge is 2.54. The van der Waals surface area contributed by atoms with E-state index in [9.17, 15) is 4.79 Å². The predicted octanol–water partition coefficient (Wildman–Crippen LogP) is 2.60. The number of methoxy groups -OCH3 is 1. The Morgan fingerprint density at radius 1 is 1.16 bits per heavy atom. The van der Waals surface area contributed by atoms with Crippen molar-refractivity contribution in [1.29, 1.82) is 0 Å². The molecule has 1 aromatic carbocycles. The molecule has 5 rings (SSSR count). The van der Waals surface area contributed by atoms with Gasteiger partial charge in [-0.2, -0.15) is 0 Å². The highest BCUT2D eigenvalue weighted by Crippen LogP contribution is 2.50. The van der Waals surface area contributed by atoms with Crippen LogP contribution in [0.1, 0.15) is 36.8 Å². The zero-order chi connectivity index (χ0) is 17.4. The van der Waals surface area contributed by atoms with Gasteiger partial charge in [-0.05, 0) is 44.1 Å². The molecule has 136 valence electrons. The molecule has 1 aromatic rings. The largest absolute Gasteiger partial charge is 0.383 e. The average molecular weight is 342 g/mol. The van der Waals surface area contributed by atoms with E-state index in [0.29, 0.717) is 17.9 Å². The Morgan fingerprint density at radius 2 is 1.92 bits per heavy atom. The number of rotatable bonds is 5. The topological polar surface area (TPSA) is 32.8 Å². The number of piperidine rings is 1. The second kappa shape index (κ2) is 6.73. The lowest BCUT2D eigenvalue weighted by atomic mass is 9.93. The first-order chi connectivity index (χ1) is 12.1. The van der Waals surface area contributed by atoms with E-state index in [2.05, 4.69) is 41.0 Å². The fraction of sp³-hybridized carbons (Fsp3) is 0.667. The summed E-state index contributed by atoms with van der Waals surface area (Å²) in [5, 5.41) is 0. The van der Waals surface area contributed by atoms with Gasteiger partial charge in [0, 0.05) is 39.3 Å². The van der Waals surface area contributed by atoms with Crippen LogP contribution in [0, 0.1) is 12.8 Å². The zero-order valence-electron chi connectivity index (χ0n) is 15.5. The summed E-state index contributed by atoms with van der Waals surface area (Å²) in [6, 6.07) is 9.11. The maximum atomic E-state index is 13.4. The molecule has 1 saturated carbocycles. The van der Waals surface area contributed by atoms with Gasteiger partial charge in [-0.1, -0.05) is 29.8 Å². The Labute approximate surface area is 151 Å². The first-order valence-electron chi connectivity index (χ1n) is 9.72. The average Bonchev–Trinajstić information content (AvgIpc) is 3.45. The number of aryl methyl sites for hydroxylation is 1. The van der Waals surface area contributed by atoms with E-state index in [1.54, 1.807) is 7.11 Å². The van der Waals surface area contributed by atoms with Crippen LogP contribution in [0.25, 0.3) is 0 Å². The molecule has 4 heteroatoms. The number of carbonyl (C=O) groups is 1. The lowest BCUT2D eigenvalue weighted by Gasteiger charge is -2.35. The molecule has 2 atom stereocenters. The van der Waals surface area contributed by atoms with Gasteiger partial charge < -0.3 is 9.64 Å². The minimum atomic E-state index is -0.227. The van der Waals surface area contributed by atoms with Crippen LogP contribution in [-0.2, 0) is 14.9 Å². The van der Waals surface area contributed by atoms with E-state index in [0.717, 1.165) is 45.6 Å². The Kier molecular flexibility index (Phi) is 4.59. The molecule has 4 fully saturated rings. The first kappa shape index (κ1) is 17.0. The van der Waals surface area contributed by atoms with Crippen LogP contribution in [0.2, 0.25) is 0 Å². The molecular formula is C21H30N2O2. The molecule has 4 nitrogen and oxygen atoms in total. The van der Waals surface area contributed by atoms with E-state index in [-0.39, 0.29) is 5.41 Å². The maximum Gasteiger partial charge on any atom is 0.233 e. The lowest BCUT2D eigenvalue weighted by Crippen LogP contribution is -2.47. The van der Waals surface area contributed by atoms with Gasteiger partial charge in [0.2, 0.25) is 5.91 Å². The molecule has 0 spiro atoms. The standard InChI is InChI=1S/C21H30N2O2/c1-16-3-6-18(7-4-16)21(9-10-21)20(24)23-14-17-5-8-19(15-23)22(13-17)11-12-25-2/h3-4,6-7,17,19H,5,8-15H2,1-2H3/t17-,19-/m1/s1. The van der Waals surface area contributed by atoms with Crippen molar-refractivity contribution in [2.45, 2.75) is 44.1 Å². The number of benzene rings is 1. The molecule has 4 aliphatic rings. The Hall–Kier alpha value is -1.39. The summed E-state index contributed by atoms with van der Waals surface area (Å²) < 4.78 is 5.28. The molecule has 3 aliphatic heterocycles. The lowest BCUT2D eigenvalue weighted by molar-refractivity contribution is -0.134. The van der Waals surface area contributed by atoms with Gasteiger partial charge in [-0.3, -0.25) is 9.69 Å². The van der Waals surface area contributed by atoms with Crippen LogP contribution in [0.4, 0.5) is 0 Å². The van der Waals surface area contributed by atoms with E-state index in [1.807, 2.05) is 0 Å². The second-order valence-electron chi connectivity index (χ2n) is 8.24. The number of ether oxygens (including phenoxy) is 1. The van der Waals surface area contributed by atoms with E-state index in [1.165, 1.54) is 24.0 Å². The third-order valence-electron chi connectivity index (χ3n) is 6.46. The van der Waals surface area contributed by atoms with Gasteiger partial charge >= 0.3 is 0 Å². The monoisotopic (exact) mass is 342 g/mol. The third-order valence-corrected chi connectivity index (χ3v) is 6.46. The fourth-order valence-corrected chi connectivity index (χ4v) is 4.75. The highest BCUT2D eigenvalue weighted by atomic mass is 16.5. The van der Waals surface area contributed by atoms with Gasteiger partial charge in [0.15, 0.2) is 0 Å². The Morgan fingerprint density at radius 3 is 2.60 bits per heavy atom. The molecule has 1 aliphatic carbocycles. The minimum Gasteiger partial charge on any atom is -0.383 e. The van der Waals surface area contributed by atoms with Crippen LogP contribution in [0.5, 0.6) is 0 Å². The molecule has 2 bridgehead atoms. The van der Waals surface area contributed by atoms with Crippen LogP contribution in [0.15, 0.2) is 24.3 Å². The number of nitrogens with zero attached hydrogens (tertiary/aromatic N) is 2. The number of hydrogen-bond donors (Lipinski definition) is 0. The van der Waals surface area contributed by atoms with Gasteiger partial charge in [-0.25, -0.2) is 0 Å².